The molecule has 1 amide bonds. The average Bonchev–Trinajstić information content (AvgIpc) is 2.76. The van der Waals surface area contributed by atoms with Crippen molar-refractivity contribution in [1.82, 2.24) is 14.9 Å². The second-order valence-electron chi connectivity index (χ2n) is 9.22. The summed E-state index contributed by atoms with van der Waals surface area (Å²) in [6, 6.07) is 3.60. The Morgan fingerprint density at radius 2 is 1.97 bits per heavy atom. The van der Waals surface area contributed by atoms with E-state index in [-0.39, 0.29) is 29.7 Å². The number of anilines is 1. The molecule has 4 rings (SSSR count). The minimum absolute atomic E-state index is 0.100. The maximum Gasteiger partial charge on any atom is 0.416 e. The summed E-state index contributed by atoms with van der Waals surface area (Å²) in [5, 5.41) is 10.4. The molecule has 2 fully saturated rings. The van der Waals surface area contributed by atoms with Gasteiger partial charge >= 0.3 is 6.18 Å². The Morgan fingerprint density at radius 1 is 1.26 bits per heavy atom. The van der Waals surface area contributed by atoms with Crippen LogP contribution in [0.3, 0.4) is 0 Å². The van der Waals surface area contributed by atoms with E-state index in [1.807, 2.05) is 0 Å². The predicted molar refractivity (Wildman–Crippen MR) is 120 cm³/mol. The molecule has 1 aliphatic carbocycles. The van der Waals surface area contributed by atoms with E-state index in [1.165, 1.54) is 12.4 Å². The summed E-state index contributed by atoms with van der Waals surface area (Å²) >= 11 is 0. The number of aliphatic hydroxyl groups excluding tert-OH is 1. The monoisotopic (exact) mass is 481 g/mol. The molecule has 0 spiro atoms. The second-order valence-corrected chi connectivity index (χ2v) is 9.22. The molecular weight excluding hydrogens is 451 g/mol. The largest absolute Gasteiger partial charge is 0.416 e. The van der Waals surface area contributed by atoms with Crippen molar-refractivity contribution in [2.24, 2.45) is 11.7 Å². The van der Waals surface area contributed by atoms with Crippen LogP contribution >= 0.6 is 0 Å². The van der Waals surface area contributed by atoms with E-state index < -0.39 is 23.8 Å². The lowest BCUT2D eigenvalue weighted by molar-refractivity contribution is -0.137. The molecule has 186 valence electrons. The van der Waals surface area contributed by atoms with E-state index in [9.17, 15) is 23.1 Å². The molecule has 2 aromatic rings. The number of carbonyl (C=O) groups excluding carboxylic acids is 1. The highest BCUT2D eigenvalue weighted by Crippen LogP contribution is 2.36. The minimum Gasteiger partial charge on any atom is -0.390 e. The van der Waals surface area contributed by atoms with E-state index in [2.05, 4.69) is 14.9 Å². The molecule has 1 atom stereocenters. The minimum atomic E-state index is -4.50. The first-order valence-corrected chi connectivity index (χ1v) is 11.4. The van der Waals surface area contributed by atoms with Gasteiger partial charge in [0, 0.05) is 31.6 Å². The number of amides is 1. The van der Waals surface area contributed by atoms with Crippen molar-refractivity contribution in [1.29, 1.82) is 0 Å². The number of primary amides is 1. The van der Waals surface area contributed by atoms with E-state index >= 15 is 0 Å². The Balaban J connectivity index is 1.48. The maximum absolute atomic E-state index is 13.3. The average molecular weight is 482 g/mol. The van der Waals surface area contributed by atoms with Crippen molar-refractivity contribution in [3.8, 4) is 0 Å². The molecule has 1 aliphatic heterocycles. The highest BCUT2D eigenvalue weighted by atomic mass is 19.4. The number of carbonyl (C=O) groups is 1. The summed E-state index contributed by atoms with van der Waals surface area (Å²) in [5.41, 5.74) is 5.06. The van der Waals surface area contributed by atoms with Crippen molar-refractivity contribution in [3.05, 3.63) is 30.1 Å². The zero-order chi connectivity index (χ0) is 24.5. The van der Waals surface area contributed by atoms with Gasteiger partial charge in [-0.2, -0.15) is 13.2 Å². The standard InChI is InChI=1S/C23H30F3N5O3/c1-34-12-20(32)14-2-5-16(6-3-14)30-9-17(10-30)31(11-21(27)33)22-18-8-15(23(24,25)26)4-7-19(18)28-13-29-22/h4,7-8,13-14,16-17,20,32H,2-3,5-6,9-12H2,1H3,(H2,27,33). The van der Waals surface area contributed by atoms with Crippen LogP contribution in [0.25, 0.3) is 10.9 Å². The second kappa shape index (κ2) is 10.0. The molecule has 2 heterocycles. The Labute approximate surface area is 195 Å². The van der Waals surface area contributed by atoms with Crippen molar-refractivity contribution in [3.63, 3.8) is 0 Å². The van der Waals surface area contributed by atoms with Crippen LogP contribution in [0.5, 0.6) is 0 Å². The summed E-state index contributed by atoms with van der Waals surface area (Å²) in [5.74, 6) is -0.0642. The van der Waals surface area contributed by atoms with E-state index in [0.29, 0.717) is 31.3 Å². The molecule has 1 aromatic heterocycles. The zero-order valence-corrected chi connectivity index (χ0v) is 19.0. The molecule has 2 aliphatic rings. The van der Waals surface area contributed by atoms with Gasteiger partial charge in [-0.15, -0.1) is 0 Å². The summed E-state index contributed by atoms with van der Waals surface area (Å²) in [6.07, 6.45) is 0.0872. The van der Waals surface area contributed by atoms with Gasteiger partial charge in [-0.1, -0.05) is 0 Å². The number of aliphatic hydroxyl groups is 1. The van der Waals surface area contributed by atoms with Crippen LogP contribution in [-0.4, -0.2) is 77.4 Å². The van der Waals surface area contributed by atoms with Crippen LogP contribution in [0.2, 0.25) is 0 Å². The number of nitrogens with zero attached hydrogens (tertiary/aromatic N) is 4. The first kappa shape index (κ1) is 24.6. The fraction of sp³-hybridized carbons (Fsp3) is 0.609. The third-order valence-electron chi connectivity index (χ3n) is 7.01. The van der Waals surface area contributed by atoms with Crippen LogP contribution in [0, 0.1) is 5.92 Å². The Kier molecular flexibility index (Phi) is 7.25. The van der Waals surface area contributed by atoms with Crippen molar-refractivity contribution < 1.29 is 27.8 Å². The first-order chi connectivity index (χ1) is 16.2. The van der Waals surface area contributed by atoms with Crippen molar-refractivity contribution in [2.75, 3.05) is 38.3 Å². The number of benzene rings is 1. The highest BCUT2D eigenvalue weighted by Gasteiger charge is 2.40. The first-order valence-electron chi connectivity index (χ1n) is 11.4. The van der Waals surface area contributed by atoms with Gasteiger partial charge < -0.3 is 20.5 Å². The number of nitrogens with two attached hydrogens (primary N) is 1. The van der Waals surface area contributed by atoms with Gasteiger partial charge in [0.05, 0.1) is 36.4 Å². The third kappa shape index (κ3) is 5.26. The molecular formula is C23H30F3N5O3. The molecule has 1 unspecified atom stereocenters. The van der Waals surface area contributed by atoms with Crippen molar-refractivity contribution >= 4 is 22.6 Å². The number of fused-ring (bicyclic) bond motifs is 1. The van der Waals surface area contributed by atoms with Crippen LogP contribution in [0.1, 0.15) is 31.2 Å². The molecule has 11 heteroatoms. The lowest BCUT2D eigenvalue weighted by atomic mass is 9.81. The molecule has 3 N–H and O–H groups in total. The number of rotatable bonds is 8. The van der Waals surface area contributed by atoms with Crippen LogP contribution in [-0.2, 0) is 15.7 Å². The third-order valence-corrected chi connectivity index (χ3v) is 7.01. The number of alkyl halides is 3. The fourth-order valence-electron chi connectivity index (χ4n) is 5.13. The quantitative estimate of drug-likeness (QED) is 0.596. The van der Waals surface area contributed by atoms with Gasteiger partial charge in [0.15, 0.2) is 0 Å². The number of halogens is 3. The Morgan fingerprint density at radius 3 is 2.59 bits per heavy atom. The Hall–Kier alpha value is -2.50. The van der Waals surface area contributed by atoms with Gasteiger partial charge in [-0.3, -0.25) is 9.69 Å². The lowest BCUT2D eigenvalue weighted by Gasteiger charge is -2.50. The number of methoxy groups -OCH3 is 1. The van der Waals surface area contributed by atoms with Crippen LogP contribution < -0.4 is 10.6 Å². The molecule has 1 saturated heterocycles. The van der Waals surface area contributed by atoms with Gasteiger partial charge in [-0.05, 0) is 49.8 Å². The number of hydrogen-bond donors (Lipinski definition) is 2. The molecule has 34 heavy (non-hydrogen) atoms. The van der Waals surface area contributed by atoms with Gasteiger partial charge in [0.25, 0.3) is 0 Å². The van der Waals surface area contributed by atoms with E-state index in [0.717, 1.165) is 37.8 Å². The summed E-state index contributed by atoms with van der Waals surface area (Å²) in [6.45, 7) is 1.52. The number of aromatic nitrogens is 2. The van der Waals surface area contributed by atoms with Crippen LogP contribution in [0.4, 0.5) is 19.0 Å². The molecule has 0 radical (unpaired) electrons. The summed E-state index contributed by atoms with van der Waals surface area (Å²) < 4.78 is 45.0. The fourth-order valence-corrected chi connectivity index (χ4v) is 5.13. The number of likely N-dealkylation sites (tertiary alicyclic amines) is 1. The summed E-state index contributed by atoms with van der Waals surface area (Å²) in [7, 11) is 1.58. The van der Waals surface area contributed by atoms with Gasteiger partial charge in [-0.25, -0.2) is 9.97 Å². The highest BCUT2D eigenvalue weighted by molar-refractivity contribution is 5.92. The van der Waals surface area contributed by atoms with Gasteiger partial charge in [0.2, 0.25) is 5.91 Å². The zero-order valence-electron chi connectivity index (χ0n) is 19.0. The normalized spacial score (nSPS) is 23.0. The smallest absolute Gasteiger partial charge is 0.390 e. The van der Waals surface area contributed by atoms with E-state index in [1.54, 1.807) is 12.0 Å². The molecule has 1 aromatic carbocycles. The van der Waals surface area contributed by atoms with Gasteiger partial charge in [0.1, 0.15) is 12.1 Å². The van der Waals surface area contributed by atoms with Crippen molar-refractivity contribution in [2.45, 2.75) is 50.0 Å². The lowest BCUT2D eigenvalue weighted by Crippen LogP contribution is -2.64. The Bertz CT molecular complexity index is 1010. The SMILES string of the molecule is COCC(O)C1CCC(N2CC(N(CC(N)=O)c3ncnc4ccc(C(F)(F)F)cc34)C2)CC1. The molecule has 8 nitrogen and oxygen atoms in total. The number of ether oxygens (including phenoxy) is 1. The topological polar surface area (TPSA) is 105 Å². The summed E-state index contributed by atoms with van der Waals surface area (Å²) in [4.78, 5) is 24.2. The maximum atomic E-state index is 13.3. The number of hydrogen-bond acceptors (Lipinski definition) is 7. The molecule has 0 bridgehead atoms. The molecule has 1 saturated carbocycles. The van der Waals surface area contributed by atoms with Crippen LogP contribution in [0.15, 0.2) is 24.5 Å². The predicted octanol–water partition coefficient (Wildman–Crippen LogP) is 2.19. The van der Waals surface area contributed by atoms with E-state index in [4.69, 9.17) is 10.5 Å².